The zero-order valence-electron chi connectivity index (χ0n) is 19.9. The summed E-state index contributed by atoms with van der Waals surface area (Å²) < 4.78 is 16.7. The molecule has 0 unspecified atom stereocenters. The van der Waals surface area contributed by atoms with E-state index in [1.807, 2.05) is 25.1 Å². The Morgan fingerprint density at radius 2 is 1.59 bits per heavy atom. The molecule has 1 aromatic carbocycles. The highest BCUT2D eigenvalue weighted by molar-refractivity contribution is 5.66. The van der Waals surface area contributed by atoms with Gasteiger partial charge in [0.1, 0.15) is 11.6 Å². The summed E-state index contributed by atoms with van der Waals surface area (Å²) in [6.07, 6.45) is 9.67. The van der Waals surface area contributed by atoms with Crippen molar-refractivity contribution in [3.05, 3.63) is 41.8 Å². The van der Waals surface area contributed by atoms with Gasteiger partial charge < -0.3 is 24.6 Å². The smallest absolute Gasteiger partial charge is 0.230 e. The van der Waals surface area contributed by atoms with Crippen molar-refractivity contribution in [1.82, 2.24) is 15.1 Å². The van der Waals surface area contributed by atoms with Crippen LogP contribution in [0.15, 0.2) is 35.0 Å². The van der Waals surface area contributed by atoms with Crippen LogP contribution in [0.5, 0.6) is 11.5 Å². The lowest BCUT2D eigenvalue weighted by molar-refractivity contribution is -0.0175. The Bertz CT molecular complexity index is 1170. The van der Waals surface area contributed by atoms with Gasteiger partial charge in [0.25, 0.3) is 0 Å². The molecular formula is C26H31N5O3. The third-order valence-electron chi connectivity index (χ3n) is 7.96. The van der Waals surface area contributed by atoms with E-state index in [-0.39, 0.29) is 5.41 Å². The van der Waals surface area contributed by atoms with Crippen LogP contribution in [0, 0.1) is 24.7 Å². The molecule has 178 valence electrons. The Balaban J connectivity index is 1.19. The zero-order chi connectivity index (χ0) is 23.3. The lowest BCUT2D eigenvalue weighted by Gasteiger charge is -2.55. The standard InChI is InChI=1S/C26H31N5O3/c1-15-6-20(32-2)21(33-3)10-19(15)28-23-4-5-27-25(29-23)30-24-11-22(34-31-24)26-12-16-7-17(13-26)9-18(8-16)14-26/h4-6,10-11,16-18H,7-9,12-14H2,1-3H3,(H2,27,28,29,30,31). The molecule has 0 radical (unpaired) electrons. The van der Waals surface area contributed by atoms with Crippen molar-refractivity contribution in [2.75, 3.05) is 24.9 Å². The summed E-state index contributed by atoms with van der Waals surface area (Å²) in [5.41, 5.74) is 2.08. The van der Waals surface area contributed by atoms with Gasteiger partial charge in [-0.25, -0.2) is 4.98 Å². The molecule has 3 aromatic rings. The van der Waals surface area contributed by atoms with E-state index in [2.05, 4.69) is 31.8 Å². The third-order valence-corrected chi connectivity index (χ3v) is 7.96. The molecule has 8 nitrogen and oxygen atoms in total. The Labute approximate surface area is 199 Å². The highest BCUT2D eigenvalue weighted by Gasteiger charge is 2.53. The molecule has 0 amide bonds. The van der Waals surface area contributed by atoms with Crippen molar-refractivity contribution in [1.29, 1.82) is 0 Å². The third kappa shape index (κ3) is 3.75. The maximum Gasteiger partial charge on any atom is 0.230 e. The number of ether oxygens (including phenoxy) is 2. The fraction of sp³-hybridized carbons (Fsp3) is 0.500. The molecule has 4 fully saturated rings. The highest BCUT2D eigenvalue weighted by atomic mass is 16.5. The van der Waals surface area contributed by atoms with Gasteiger partial charge in [0, 0.05) is 29.4 Å². The summed E-state index contributed by atoms with van der Waals surface area (Å²) in [5.74, 6) is 6.75. The predicted molar refractivity (Wildman–Crippen MR) is 129 cm³/mol. The molecule has 4 saturated carbocycles. The van der Waals surface area contributed by atoms with E-state index in [0.717, 1.165) is 34.8 Å². The Kier molecular flexibility index (Phi) is 5.12. The molecule has 2 heterocycles. The molecule has 2 N–H and O–H groups in total. The van der Waals surface area contributed by atoms with Crippen molar-refractivity contribution in [2.45, 2.75) is 50.9 Å². The van der Waals surface area contributed by atoms with Crippen LogP contribution < -0.4 is 20.1 Å². The molecular weight excluding hydrogens is 430 g/mol. The molecule has 4 aliphatic carbocycles. The number of aryl methyl sites for hydroxylation is 1. The summed E-state index contributed by atoms with van der Waals surface area (Å²) in [7, 11) is 3.25. The van der Waals surface area contributed by atoms with Gasteiger partial charge in [-0.15, -0.1) is 0 Å². The topological polar surface area (TPSA) is 94.3 Å². The highest BCUT2D eigenvalue weighted by Crippen LogP contribution is 2.60. The quantitative estimate of drug-likeness (QED) is 0.460. The van der Waals surface area contributed by atoms with Crippen LogP contribution >= 0.6 is 0 Å². The monoisotopic (exact) mass is 461 g/mol. The number of anilines is 4. The van der Waals surface area contributed by atoms with Gasteiger partial charge in [-0.3, -0.25) is 0 Å². The van der Waals surface area contributed by atoms with Gasteiger partial charge in [0.05, 0.1) is 14.2 Å². The van der Waals surface area contributed by atoms with E-state index in [0.29, 0.717) is 29.1 Å². The number of nitrogens with one attached hydrogen (secondary N) is 2. The van der Waals surface area contributed by atoms with Crippen LogP contribution in [0.4, 0.5) is 23.3 Å². The number of hydrogen-bond acceptors (Lipinski definition) is 8. The second-order valence-corrected chi connectivity index (χ2v) is 10.3. The van der Waals surface area contributed by atoms with Crippen LogP contribution in [0.25, 0.3) is 0 Å². The van der Waals surface area contributed by atoms with E-state index >= 15 is 0 Å². The van der Waals surface area contributed by atoms with Gasteiger partial charge in [0.15, 0.2) is 17.3 Å². The largest absolute Gasteiger partial charge is 0.493 e. The molecule has 34 heavy (non-hydrogen) atoms. The average Bonchev–Trinajstić information content (AvgIpc) is 3.29. The van der Waals surface area contributed by atoms with Crippen LogP contribution in [0.1, 0.15) is 49.8 Å². The Hall–Kier alpha value is -3.29. The van der Waals surface area contributed by atoms with E-state index in [1.54, 1.807) is 20.4 Å². The predicted octanol–water partition coefficient (Wildman–Crippen LogP) is 5.75. The first-order chi connectivity index (χ1) is 16.5. The summed E-state index contributed by atoms with van der Waals surface area (Å²) in [5, 5.41) is 10.9. The Morgan fingerprint density at radius 1 is 0.912 bits per heavy atom. The first kappa shape index (κ1) is 21.3. The molecule has 0 aliphatic heterocycles. The summed E-state index contributed by atoms with van der Waals surface area (Å²) >= 11 is 0. The van der Waals surface area contributed by atoms with Gasteiger partial charge >= 0.3 is 0 Å². The second kappa shape index (κ2) is 8.18. The van der Waals surface area contributed by atoms with Crippen molar-refractivity contribution in [3.8, 4) is 11.5 Å². The fourth-order valence-corrected chi connectivity index (χ4v) is 6.85. The number of aromatic nitrogens is 3. The summed E-state index contributed by atoms with van der Waals surface area (Å²) in [4.78, 5) is 8.99. The number of rotatable bonds is 7. The first-order valence-corrected chi connectivity index (χ1v) is 12.1. The Morgan fingerprint density at radius 3 is 2.26 bits per heavy atom. The van der Waals surface area contributed by atoms with Gasteiger partial charge in [-0.2, -0.15) is 4.98 Å². The van der Waals surface area contributed by atoms with Gasteiger partial charge in [-0.1, -0.05) is 5.16 Å². The van der Waals surface area contributed by atoms with Crippen molar-refractivity contribution in [3.63, 3.8) is 0 Å². The minimum absolute atomic E-state index is 0.177. The first-order valence-electron chi connectivity index (χ1n) is 12.1. The maximum atomic E-state index is 5.90. The minimum atomic E-state index is 0.177. The second-order valence-electron chi connectivity index (χ2n) is 10.3. The molecule has 2 aromatic heterocycles. The van der Waals surface area contributed by atoms with Crippen LogP contribution in [0.3, 0.4) is 0 Å². The number of methoxy groups -OCH3 is 2. The van der Waals surface area contributed by atoms with E-state index in [1.165, 1.54) is 38.5 Å². The van der Waals surface area contributed by atoms with Gasteiger partial charge in [0.2, 0.25) is 5.95 Å². The zero-order valence-corrected chi connectivity index (χ0v) is 19.9. The summed E-state index contributed by atoms with van der Waals surface area (Å²) in [6.45, 7) is 2.01. The van der Waals surface area contributed by atoms with Crippen molar-refractivity contribution >= 4 is 23.3 Å². The maximum absolute atomic E-state index is 5.90. The normalized spacial score (nSPS) is 27.0. The molecule has 0 spiro atoms. The average molecular weight is 462 g/mol. The number of hydrogen-bond donors (Lipinski definition) is 2. The van der Waals surface area contributed by atoms with E-state index in [9.17, 15) is 0 Å². The summed E-state index contributed by atoms with van der Waals surface area (Å²) in [6, 6.07) is 7.72. The van der Waals surface area contributed by atoms with Crippen LogP contribution in [0.2, 0.25) is 0 Å². The van der Waals surface area contributed by atoms with Crippen molar-refractivity contribution in [2.24, 2.45) is 17.8 Å². The molecule has 4 aliphatic rings. The van der Waals surface area contributed by atoms with Gasteiger partial charge in [-0.05, 0) is 80.9 Å². The fourth-order valence-electron chi connectivity index (χ4n) is 6.85. The van der Waals surface area contributed by atoms with Crippen LogP contribution in [-0.4, -0.2) is 29.3 Å². The number of benzene rings is 1. The lowest BCUT2D eigenvalue weighted by Crippen LogP contribution is -2.48. The molecule has 8 heteroatoms. The molecule has 7 rings (SSSR count). The van der Waals surface area contributed by atoms with Crippen LogP contribution in [-0.2, 0) is 5.41 Å². The lowest BCUT2D eigenvalue weighted by atomic mass is 9.49. The van der Waals surface area contributed by atoms with E-state index in [4.69, 9.17) is 14.0 Å². The molecule has 4 bridgehead atoms. The number of nitrogens with zero attached hydrogens (tertiary/aromatic N) is 3. The van der Waals surface area contributed by atoms with E-state index < -0.39 is 0 Å². The SMILES string of the molecule is COc1cc(C)c(Nc2ccnc(Nc3cc(C45CC6CC(CC(C6)C4)C5)on3)n2)cc1OC. The van der Waals surface area contributed by atoms with Crippen molar-refractivity contribution < 1.29 is 14.0 Å². The molecule has 0 atom stereocenters. The molecule has 0 saturated heterocycles. The minimum Gasteiger partial charge on any atom is -0.493 e.